The molecule has 2 saturated carbocycles. The Bertz CT molecular complexity index is 431. The van der Waals surface area contributed by atoms with Crippen molar-refractivity contribution in [1.82, 2.24) is 0 Å². The highest BCUT2D eigenvalue weighted by atomic mass is 16.6. The van der Waals surface area contributed by atoms with Gasteiger partial charge in [-0.3, -0.25) is 0 Å². The van der Waals surface area contributed by atoms with Gasteiger partial charge in [-0.2, -0.15) is 0 Å². The standard InChI is InChI=1S/C10H20O4.2C6H12.2C5H10O2.2CH4/c1-3-11-5-9(6-12-4-2)13-7-10-8-14-10;2*1-2-4-6-5-3-1;2*1-2-6-3-5-4-7-5;;/h9-10H,3-8H2,1-2H3;2*1-6H2;2*5H,2-4H2,1H3;2*1H4. The number of epoxide rings is 3. The van der Waals surface area contributed by atoms with Gasteiger partial charge >= 0.3 is 0 Å². The largest absolute Gasteiger partial charge is 0.379 e. The van der Waals surface area contributed by atoms with Crippen LogP contribution in [0, 0.1) is 0 Å². The first kappa shape index (κ1) is 43.8. The van der Waals surface area contributed by atoms with E-state index in [1.165, 1.54) is 77.0 Å². The van der Waals surface area contributed by atoms with Crippen LogP contribution in [0.1, 0.15) is 120 Å². The second-order valence-electron chi connectivity index (χ2n) is 10.7. The number of ether oxygens (including phenoxy) is 8. The molecule has 5 fully saturated rings. The highest BCUT2D eigenvalue weighted by Crippen LogP contribution is 2.16. The third-order valence-electron chi connectivity index (χ3n) is 6.76. The van der Waals surface area contributed by atoms with Crippen LogP contribution in [-0.4, -0.2) is 104 Å². The normalized spacial score (nSPS) is 22.9. The molecule has 0 N–H and O–H groups in total. The Morgan fingerprint density at radius 3 is 0.952 bits per heavy atom. The third-order valence-corrected chi connectivity index (χ3v) is 6.76. The number of rotatable bonds is 15. The molecule has 0 bridgehead atoms. The molecule has 0 radical (unpaired) electrons. The predicted molar refractivity (Wildman–Crippen MR) is 174 cm³/mol. The molecule has 0 amide bonds. The summed E-state index contributed by atoms with van der Waals surface area (Å²) in [7, 11) is 0. The molecule has 3 heterocycles. The third kappa shape index (κ3) is 34.2. The number of hydrogen-bond acceptors (Lipinski definition) is 8. The molecule has 3 saturated heterocycles. The van der Waals surface area contributed by atoms with E-state index in [1.54, 1.807) is 0 Å². The zero-order chi connectivity index (χ0) is 28.9. The minimum absolute atomic E-state index is 0. The molecule has 0 aromatic carbocycles. The first-order valence-corrected chi connectivity index (χ1v) is 16.5. The van der Waals surface area contributed by atoms with Crippen LogP contribution >= 0.6 is 0 Å². The Kier molecular flexibility index (Phi) is 35.0. The van der Waals surface area contributed by atoms with Crippen LogP contribution in [-0.2, 0) is 37.9 Å². The van der Waals surface area contributed by atoms with Crippen LogP contribution in [0.2, 0.25) is 0 Å². The average molecular weight is 609 g/mol. The van der Waals surface area contributed by atoms with Crippen molar-refractivity contribution in [2.24, 2.45) is 0 Å². The van der Waals surface area contributed by atoms with Crippen LogP contribution in [0.5, 0.6) is 0 Å². The zero-order valence-corrected chi connectivity index (χ0v) is 26.5. The van der Waals surface area contributed by atoms with Crippen LogP contribution < -0.4 is 0 Å². The lowest BCUT2D eigenvalue weighted by Gasteiger charge is -2.16. The fourth-order valence-electron chi connectivity index (χ4n) is 4.00. The topological polar surface area (TPSA) is 83.7 Å². The van der Waals surface area contributed by atoms with Gasteiger partial charge in [0.05, 0.1) is 52.9 Å². The maximum atomic E-state index is 5.60. The van der Waals surface area contributed by atoms with Gasteiger partial charge in [-0.15, -0.1) is 0 Å². The lowest BCUT2D eigenvalue weighted by atomic mass is 10.0. The monoisotopic (exact) mass is 609 g/mol. The molecule has 2 aliphatic carbocycles. The summed E-state index contributed by atoms with van der Waals surface area (Å²) in [6.07, 6.45) is 19.2. The minimum atomic E-state index is 0. The molecule has 5 aliphatic rings. The predicted octanol–water partition coefficient (Wildman–Crippen LogP) is 7.64. The van der Waals surface area contributed by atoms with Gasteiger partial charge in [-0.05, 0) is 27.7 Å². The van der Waals surface area contributed by atoms with Gasteiger partial charge in [0.1, 0.15) is 24.4 Å². The van der Waals surface area contributed by atoms with Crippen molar-refractivity contribution < 1.29 is 37.9 Å². The van der Waals surface area contributed by atoms with Crippen molar-refractivity contribution in [1.29, 1.82) is 0 Å². The highest BCUT2D eigenvalue weighted by Gasteiger charge is 2.24. The second-order valence-corrected chi connectivity index (χ2v) is 10.7. The SMILES string of the molecule is C.C.C1CCCCC1.C1CCCCC1.CCOCC(COCC)OCC1CO1.CCOCC1CO1.CCOCC1CO1. The van der Waals surface area contributed by atoms with Crippen molar-refractivity contribution in [2.75, 3.05) is 79.3 Å². The van der Waals surface area contributed by atoms with E-state index < -0.39 is 0 Å². The summed E-state index contributed by atoms with van der Waals surface area (Å²) < 4.78 is 41.1. The smallest absolute Gasteiger partial charge is 0.104 e. The van der Waals surface area contributed by atoms with Gasteiger partial charge < -0.3 is 37.9 Å². The quantitative estimate of drug-likeness (QED) is 0.175. The van der Waals surface area contributed by atoms with E-state index in [0.29, 0.717) is 51.3 Å². The van der Waals surface area contributed by atoms with Crippen LogP contribution in [0.3, 0.4) is 0 Å². The van der Waals surface area contributed by atoms with E-state index in [0.717, 1.165) is 46.2 Å². The Hall–Kier alpha value is -0.320. The zero-order valence-electron chi connectivity index (χ0n) is 26.5. The maximum absolute atomic E-state index is 5.60. The molecule has 0 spiro atoms. The molecule has 42 heavy (non-hydrogen) atoms. The van der Waals surface area contributed by atoms with E-state index in [9.17, 15) is 0 Å². The molecular weight excluding hydrogens is 536 g/mol. The molecule has 3 atom stereocenters. The Morgan fingerprint density at radius 1 is 0.452 bits per heavy atom. The van der Waals surface area contributed by atoms with Gasteiger partial charge in [0.2, 0.25) is 0 Å². The molecule has 3 aliphatic heterocycles. The summed E-state index contributed by atoms with van der Waals surface area (Å²) in [5.74, 6) is 0. The Labute approximate surface area is 261 Å². The van der Waals surface area contributed by atoms with Crippen LogP contribution in [0.25, 0.3) is 0 Å². The Balaban J connectivity index is 0. The molecule has 8 nitrogen and oxygen atoms in total. The molecule has 8 heteroatoms. The molecule has 0 aromatic heterocycles. The maximum Gasteiger partial charge on any atom is 0.104 e. The van der Waals surface area contributed by atoms with Gasteiger partial charge in [-0.25, -0.2) is 0 Å². The summed E-state index contributed by atoms with van der Waals surface area (Å²) >= 11 is 0. The fraction of sp³-hybridized carbons (Fsp3) is 1.00. The van der Waals surface area contributed by atoms with Gasteiger partial charge in [0, 0.05) is 26.4 Å². The van der Waals surface area contributed by atoms with Gasteiger partial charge in [0.15, 0.2) is 0 Å². The molecular formula is C34H72O8. The summed E-state index contributed by atoms with van der Waals surface area (Å²) in [6.45, 7) is 17.0. The van der Waals surface area contributed by atoms with E-state index in [1.807, 2.05) is 27.7 Å². The van der Waals surface area contributed by atoms with Crippen molar-refractivity contribution in [2.45, 2.75) is 144 Å². The van der Waals surface area contributed by atoms with Crippen molar-refractivity contribution in [3.63, 3.8) is 0 Å². The summed E-state index contributed by atoms with van der Waals surface area (Å²) in [5, 5.41) is 0. The minimum Gasteiger partial charge on any atom is -0.379 e. The van der Waals surface area contributed by atoms with Crippen molar-refractivity contribution >= 4 is 0 Å². The second kappa shape index (κ2) is 33.6. The summed E-state index contributed by atoms with van der Waals surface area (Å²) in [6, 6.07) is 0. The first-order chi connectivity index (χ1) is 19.7. The first-order valence-electron chi connectivity index (χ1n) is 16.5. The lowest BCUT2D eigenvalue weighted by Crippen LogP contribution is -2.27. The molecule has 5 rings (SSSR count). The van der Waals surface area contributed by atoms with E-state index in [2.05, 4.69) is 0 Å². The van der Waals surface area contributed by atoms with Crippen molar-refractivity contribution in [3.8, 4) is 0 Å². The summed E-state index contributed by atoms with van der Waals surface area (Å²) in [4.78, 5) is 0. The van der Waals surface area contributed by atoms with E-state index in [-0.39, 0.29) is 21.0 Å². The fourth-order valence-corrected chi connectivity index (χ4v) is 4.00. The molecule has 0 aromatic rings. The number of hydrogen-bond donors (Lipinski definition) is 0. The van der Waals surface area contributed by atoms with Crippen LogP contribution in [0.4, 0.5) is 0 Å². The van der Waals surface area contributed by atoms with Gasteiger partial charge in [-0.1, -0.05) is 91.9 Å². The van der Waals surface area contributed by atoms with E-state index in [4.69, 9.17) is 37.9 Å². The van der Waals surface area contributed by atoms with Gasteiger partial charge in [0.25, 0.3) is 0 Å². The molecule has 3 unspecified atom stereocenters. The van der Waals surface area contributed by atoms with E-state index >= 15 is 0 Å². The highest BCUT2D eigenvalue weighted by molar-refractivity contribution is 4.69. The summed E-state index contributed by atoms with van der Waals surface area (Å²) in [5.41, 5.74) is 0. The van der Waals surface area contributed by atoms with Crippen LogP contribution in [0.15, 0.2) is 0 Å². The molecule has 256 valence electrons. The average Bonchev–Trinajstić information content (AvgIpc) is 3.85. The van der Waals surface area contributed by atoms with Crippen molar-refractivity contribution in [3.05, 3.63) is 0 Å². The lowest BCUT2D eigenvalue weighted by molar-refractivity contribution is -0.0596. The Morgan fingerprint density at radius 2 is 0.714 bits per heavy atom.